The first-order chi connectivity index (χ1) is 22.3. The molecule has 0 radical (unpaired) electrons. The van der Waals surface area contributed by atoms with Crippen LogP contribution in [0.1, 0.15) is 28.7 Å². The second-order valence-corrected chi connectivity index (χ2v) is 12.5. The molecule has 0 unspecified atom stereocenters. The van der Waals surface area contributed by atoms with Gasteiger partial charge in [-0.2, -0.15) is 10.1 Å². The Labute approximate surface area is 289 Å². The molecule has 0 bridgehead atoms. The number of amides is 1. The lowest BCUT2D eigenvalue weighted by Gasteiger charge is -2.24. The van der Waals surface area contributed by atoms with Crippen LogP contribution in [0, 0.1) is 5.82 Å². The van der Waals surface area contributed by atoms with Crippen LogP contribution in [0.3, 0.4) is 0 Å². The van der Waals surface area contributed by atoms with E-state index in [2.05, 4.69) is 27.5 Å². The van der Waals surface area contributed by atoms with Gasteiger partial charge in [-0.25, -0.2) is 4.39 Å². The molecule has 0 aliphatic rings. The Morgan fingerprint density at radius 2 is 1.62 bits per heavy atom. The predicted octanol–water partition coefficient (Wildman–Crippen LogP) is 6.38. The molecule has 12 heteroatoms. The lowest BCUT2D eigenvalue weighted by molar-refractivity contribution is -0.132. The maximum Gasteiger partial charge on any atom is 0.277 e. The van der Waals surface area contributed by atoms with Crippen LogP contribution < -0.4 is 10.9 Å². The fourth-order valence-corrected chi connectivity index (χ4v) is 6.08. The summed E-state index contributed by atoms with van der Waals surface area (Å²) in [4.78, 5) is 33.3. The predicted molar refractivity (Wildman–Crippen MR) is 189 cm³/mol. The van der Waals surface area contributed by atoms with E-state index in [1.54, 1.807) is 33.8 Å². The van der Waals surface area contributed by atoms with Crippen LogP contribution in [0.25, 0.3) is 11.1 Å². The summed E-state index contributed by atoms with van der Waals surface area (Å²) in [5, 5.41) is 8.49. The molecule has 8 nitrogen and oxygen atoms in total. The molecule has 0 saturated carbocycles. The van der Waals surface area contributed by atoms with E-state index in [-0.39, 0.29) is 36.2 Å². The zero-order valence-electron chi connectivity index (χ0n) is 26.2. The molecule has 0 saturated heterocycles. The maximum atomic E-state index is 14.0. The van der Waals surface area contributed by atoms with Gasteiger partial charge in [-0.05, 0) is 72.1 Å². The number of nitrogens with zero attached hydrogens (tertiary/aromatic N) is 5. The SMILES string of the molecule is CNCCCN(Cc1ccc(-c2ccc(Cl)cc2)cc1)C(=O)Cn1cc(Cc2cnn(C)c2)c(=O)nc1SCc1ccc(F)cc1.Cl. The molecule has 0 aliphatic carbocycles. The summed E-state index contributed by atoms with van der Waals surface area (Å²) < 4.78 is 16.9. The molecule has 2 aromatic heterocycles. The minimum Gasteiger partial charge on any atom is -0.337 e. The number of rotatable bonds is 14. The second-order valence-electron chi connectivity index (χ2n) is 11.1. The van der Waals surface area contributed by atoms with Crippen molar-refractivity contribution in [3.63, 3.8) is 0 Å². The lowest BCUT2D eigenvalue weighted by Crippen LogP contribution is -2.36. The van der Waals surface area contributed by atoms with Crippen molar-refractivity contribution in [2.45, 2.75) is 36.8 Å². The highest BCUT2D eigenvalue weighted by Gasteiger charge is 2.19. The maximum absolute atomic E-state index is 14.0. The van der Waals surface area contributed by atoms with Gasteiger partial charge in [0.15, 0.2) is 5.16 Å². The van der Waals surface area contributed by atoms with Crippen molar-refractivity contribution in [1.29, 1.82) is 0 Å². The third kappa shape index (κ3) is 10.3. The molecule has 0 spiro atoms. The number of aromatic nitrogens is 4. The number of carbonyl (C=O) groups excluding carboxylic acids is 1. The zero-order chi connectivity index (χ0) is 32.5. The average molecular weight is 696 g/mol. The molecular weight excluding hydrogens is 658 g/mol. The van der Waals surface area contributed by atoms with Crippen molar-refractivity contribution in [3.05, 3.63) is 135 Å². The first kappa shape index (κ1) is 35.9. The quantitative estimate of drug-likeness (QED) is 0.0825. The number of thioether (sulfide) groups is 1. The highest BCUT2D eigenvalue weighted by molar-refractivity contribution is 7.98. The molecule has 1 amide bonds. The lowest BCUT2D eigenvalue weighted by atomic mass is 10.0. The van der Waals surface area contributed by atoms with Gasteiger partial charge in [0.2, 0.25) is 5.91 Å². The van der Waals surface area contributed by atoms with Gasteiger partial charge in [-0.1, -0.05) is 71.9 Å². The number of halogens is 3. The summed E-state index contributed by atoms with van der Waals surface area (Å²) in [6.07, 6.45) is 6.44. The molecule has 5 aromatic rings. The largest absolute Gasteiger partial charge is 0.337 e. The van der Waals surface area contributed by atoms with Crippen molar-refractivity contribution in [1.82, 2.24) is 29.5 Å². The normalized spacial score (nSPS) is 10.9. The highest BCUT2D eigenvalue weighted by Crippen LogP contribution is 2.24. The molecule has 0 fully saturated rings. The van der Waals surface area contributed by atoms with E-state index in [4.69, 9.17) is 11.6 Å². The Morgan fingerprint density at radius 1 is 0.957 bits per heavy atom. The van der Waals surface area contributed by atoms with Gasteiger partial charge in [0.05, 0.1) is 6.20 Å². The van der Waals surface area contributed by atoms with E-state index < -0.39 is 0 Å². The van der Waals surface area contributed by atoms with Crippen molar-refractivity contribution in [2.24, 2.45) is 7.05 Å². The molecule has 2 heterocycles. The van der Waals surface area contributed by atoms with E-state index in [1.807, 2.05) is 61.6 Å². The van der Waals surface area contributed by atoms with Crippen LogP contribution in [0.4, 0.5) is 4.39 Å². The summed E-state index contributed by atoms with van der Waals surface area (Å²) in [7, 11) is 3.71. The molecular formula is C35H37Cl2FN6O2S. The number of benzene rings is 3. The molecule has 1 N–H and O–H groups in total. The Balaban J connectivity index is 0.00000500. The topological polar surface area (TPSA) is 85.0 Å². The van der Waals surface area contributed by atoms with Crippen LogP contribution in [0.5, 0.6) is 0 Å². The fourth-order valence-electron chi connectivity index (χ4n) is 5.03. The molecule has 0 atom stereocenters. The average Bonchev–Trinajstić information content (AvgIpc) is 3.47. The van der Waals surface area contributed by atoms with E-state index in [0.29, 0.717) is 41.0 Å². The molecule has 0 aliphatic heterocycles. The monoisotopic (exact) mass is 694 g/mol. The summed E-state index contributed by atoms with van der Waals surface area (Å²) in [5.41, 5.74) is 5.03. The standard InChI is InChI=1S/C35H36ClFN6O2S.ClH/c1-38-16-3-17-42(21-25-4-8-28(9-5-25)29-10-12-31(36)13-11-29)33(44)23-43-22-30(18-27-19-39-41(2)20-27)34(45)40-35(43)46-24-26-6-14-32(37)15-7-26;/h4-15,19-20,22,38H,3,16-18,21,23-24H2,1-2H3;1H. The zero-order valence-corrected chi connectivity index (χ0v) is 28.6. The Hall–Kier alpha value is -3.96. The van der Waals surface area contributed by atoms with Gasteiger partial charge < -0.3 is 14.8 Å². The first-order valence-corrected chi connectivity index (χ1v) is 16.4. The molecule has 5 rings (SSSR count). The first-order valence-electron chi connectivity index (χ1n) is 15.0. The third-order valence-corrected chi connectivity index (χ3v) is 8.80. The van der Waals surface area contributed by atoms with Crippen molar-refractivity contribution < 1.29 is 9.18 Å². The summed E-state index contributed by atoms with van der Waals surface area (Å²) in [6, 6.07) is 22.1. The van der Waals surface area contributed by atoms with Crippen molar-refractivity contribution in [3.8, 4) is 11.1 Å². The van der Waals surface area contributed by atoms with Crippen molar-refractivity contribution >= 4 is 41.7 Å². The third-order valence-electron chi connectivity index (χ3n) is 7.48. The van der Waals surface area contributed by atoms with Gasteiger partial charge in [-0.15, -0.1) is 12.4 Å². The highest BCUT2D eigenvalue weighted by atomic mass is 35.5. The summed E-state index contributed by atoms with van der Waals surface area (Å²) >= 11 is 7.40. The number of hydrogen-bond acceptors (Lipinski definition) is 6. The summed E-state index contributed by atoms with van der Waals surface area (Å²) in [6.45, 7) is 1.79. The van der Waals surface area contributed by atoms with Crippen LogP contribution >= 0.6 is 35.8 Å². The van der Waals surface area contributed by atoms with Crippen molar-refractivity contribution in [2.75, 3.05) is 20.1 Å². The van der Waals surface area contributed by atoms with E-state index in [9.17, 15) is 14.0 Å². The van der Waals surface area contributed by atoms with Crippen LogP contribution in [-0.4, -0.2) is 50.3 Å². The minimum atomic E-state index is -0.346. The number of nitrogens with one attached hydrogen (secondary N) is 1. The number of aryl methyl sites for hydroxylation is 1. The molecule has 3 aromatic carbocycles. The van der Waals surface area contributed by atoms with E-state index in [1.165, 1.54) is 23.9 Å². The fraction of sp³-hybridized carbons (Fsp3) is 0.257. The molecule has 246 valence electrons. The molecule has 47 heavy (non-hydrogen) atoms. The summed E-state index contributed by atoms with van der Waals surface area (Å²) in [5.74, 6) is 0.0701. The van der Waals surface area contributed by atoms with E-state index in [0.717, 1.165) is 40.8 Å². The Kier molecular flexibility index (Phi) is 13.2. The number of carbonyl (C=O) groups is 1. The number of hydrogen-bond donors (Lipinski definition) is 1. The van der Waals surface area contributed by atoms with Crippen LogP contribution in [0.2, 0.25) is 5.02 Å². The Bertz CT molecular complexity index is 1810. The van der Waals surface area contributed by atoms with Crippen LogP contribution in [-0.2, 0) is 37.1 Å². The van der Waals surface area contributed by atoms with E-state index >= 15 is 0 Å². The van der Waals surface area contributed by atoms with Crippen LogP contribution in [0.15, 0.2) is 101 Å². The van der Waals surface area contributed by atoms with Gasteiger partial charge in [0.1, 0.15) is 12.4 Å². The van der Waals surface area contributed by atoms with Gasteiger partial charge >= 0.3 is 0 Å². The minimum absolute atomic E-state index is 0. The Morgan fingerprint density at radius 3 is 2.26 bits per heavy atom. The smallest absolute Gasteiger partial charge is 0.277 e. The van der Waals surface area contributed by atoms with Gasteiger partial charge in [0.25, 0.3) is 5.56 Å². The second kappa shape index (κ2) is 17.3. The van der Waals surface area contributed by atoms with Gasteiger partial charge in [-0.3, -0.25) is 14.3 Å². The van der Waals surface area contributed by atoms with Gasteiger partial charge in [0, 0.05) is 55.3 Å².